The van der Waals surface area contributed by atoms with Gasteiger partial charge in [0.1, 0.15) is 5.82 Å². The second kappa shape index (κ2) is 2.45. The van der Waals surface area contributed by atoms with Crippen LogP contribution in [0.25, 0.3) is 0 Å². The highest BCUT2D eigenvalue weighted by Crippen LogP contribution is 2.11. The second-order valence-corrected chi connectivity index (χ2v) is 2.06. The molecule has 1 rings (SSSR count). The van der Waals surface area contributed by atoms with Gasteiger partial charge in [-0.1, -0.05) is 0 Å². The third-order valence-corrected chi connectivity index (χ3v) is 1.23. The van der Waals surface area contributed by atoms with Gasteiger partial charge in [0.05, 0.1) is 11.3 Å². The number of hydrogen-bond acceptors (Lipinski definition) is 4. The fraction of sp³-hybridized carbons (Fsp3) is 0. The summed E-state index contributed by atoms with van der Waals surface area (Å²) in [5.41, 5.74) is 16.1. The Morgan fingerprint density at radius 3 is 2.55 bits per heavy atom. The third-order valence-electron chi connectivity index (χ3n) is 1.23. The van der Waals surface area contributed by atoms with Crippen LogP contribution in [0.1, 0.15) is 10.4 Å². The van der Waals surface area contributed by atoms with Gasteiger partial charge in [0, 0.05) is 6.20 Å². The Morgan fingerprint density at radius 1 is 1.45 bits per heavy atom. The number of nitrogens with two attached hydrogens (primary N) is 3. The number of carbonyl (C=O) groups is 1. The van der Waals surface area contributed by atoms with E-state index in [2.05, 4.69) is 4.98 Å². The summed E-state index contributed by atoms with van der Waals surface area (Å²) in [6.07, 6.45) is 1.29. The van der Waals surface area contributed by atoms with Crippen LogP contribution in [0.15, 0.2) is 12.3 Å². The molecule has 0 saturated heterocycles. The van der Waals surface area contributed by atoms with E-state index in [-0.39, 0.29) is 17.1 Å². The molecule has 11 heavy (non-hydrogen) atoms. The minimum atomic E-state index is -0.566. The number of anilines is 2. The highest BCUT2D eigenvalue weighted by Gasteiger charge is 2.02. The summed E-state index contributed by atoms with van der Waals surface area (Å²) >= 11 is 0. The summed E-state index contributed by atoms with van der Waals surface area (Å²) in [4.78, 5) is 14.2. The molecule has 0 atom stereocenters. The van der Waals surface area contributed by atoms with Crippen molar-refractivity contribution >= 4 is 17.4 Å². The molecule has 1 heterocycles. The van der Waals surface area contributed by atoms with Gasteiger partial charge in [0.15, 0.2) is 0 Å². The first-order valence-electron chi connectivity index (χ1n) is 2.92. The largest absolute Gasteiger partial charge is 0.396 e. The number of aromatic nitrogens is 1. The maximum atomic E-state index is 10.6. The lowest BCUT2D eigenvalue weighted by Gasteiger charge is -1.99. The number of pyridine rings is 1. The number of nitrogens with zero attached hydrogens (tertiary/aromatic N) is 1. The summed E-state index contributed by atoms with van der Waals surface area (Å²) in [5, 5.41) is 0. The summed E-state index contributed by atoms with van der Waals surface area (Å²) in [5.74, 6) is -0.362. The molecule has 0 bridgehead atoms. The number of rotatable bonds is 1. The Kier molecular flexibility index (Phi) is 1.63. The maximum Gasteiger partial charge on any atom is 0.250 e. The van der Waals surface area contributed by atoms with Crippen LogP contribution in [0.2, 0.25) is 0 Å². The van der Waals surface area contributed by atoms with Gasteiger partial charge in [-0.05, 0) is 6.07 Å². The zero-order valence-corrected chi connectivity index (χ0v) is 5.74. The molecule has 0 unspecified atom stereocenters. The Bertz CT molecular complexity index is 297. The van der Waals surface area contributed by atoms with Crippen molar-refractivity contribution in [1.82, 2.24) is 4.98 Å². The average molecular weight is 152 g/mol. The monoisotopic (exact) mass is 152 g/mol. The van der Waals surface area contributed by atoms with E-state index in [4.69, 9.17) is 17.2 Å². The number of nitrogen functional groups attached to an aromatic ring is 2. The number of hydrogen-bond donors (Lipinski definition) is 3. The molecule has 0 saturated carbocycles. The third kappa shape index (κ3) is 1.37. The Hall–Kier alpha value is -1.78. The van der Waals surface area contributed by atoms with Gasteiger partial charge in [0.25, 0.3) is 0 Å². The summed E-state index contributed by atoms with van der Waals surface area (Å²) < 4.78 is 0. The first kappa shape index (κ1) is 7.33. The molecule has 0 aromatic carbocycles. The number of amides is 1. The van der Waals surface area contributed by atoms with Crippen LogP contribution in [-0.2, 0) is 0 Å². The molecule has 1 aromatic heterocycles. The highest BCUT2D eigenvalue weighted by molar-refractivity contribution is 5.93. The number of primary amides is 1. The van der Waals surface area contributed by atoms with Crippen LogP contribution in [0.5, 0.6) is 0 Å². The van der Waals surface area contributed by atoms with E-state index in [1.54, 1.807) is 0 Å². The summed E-state index contributed by atoms with van der Waals surface area (Å²) in [6, 6.07) is 1.39. The predicted molar refractivity (Wildman–Crippen MR) is 41.6 cm³/mol. The Morgan fingerprint density at radius 2 is 2.09 bits per heavy atom. The lowest BCUT2D eigenvalue weighted by molar-refractivity contribution is 0.1000. The van der Waals surface area contributed by atoms with Gasteiger partial charge in [-0.3, -0.25) is 4.79 Å². The van der Waals surface area contributed by atoms with Crippen molar-refractivity contribution in [2.24, 2.45) is 5.73 Å². The van der Waals surface area contributed by atoms with E-state index >= 15 is 0 Å². The molecule has 0 radical (unpaired) electrons. The Labute approximate surface area is 63.2 Å². The molecule has 1 aromatic rings. The van der Waals surface area contributed by atoms with Gasteiger partial charge in [-0.15, -0.1) is 0 Å². The maximum absolute atomic E-state index is 10.6. The fourth-order valence-electron chi connectivity index (χ4n) is 0.627. The van der Waals surface area contributed by atoms with Crippen molar-refractivity contribution in [3.8, 4) is 0 Å². The minimum absolute atomic E-state index is 0.204. The van der Waals surface area contributed by atoms with E-state index in [9.17, 15) is 4.79 Å². The molecule has 0 fully saturated rings. The zero-order valence-electron chi connectivity index (χ0n) is 5.74. The topological polar surface area (TPSA) is 108 Å². The van der Waals surface area contributed by atoms with Crippen LogP contribution in [-0.4, -0.2) is 10.9 Å². The van der Waals surface area contributed by atoms with Crippen LogP contribution < -0.4 is 17.2 Å². The molecular weight excluding hydrogens is 144 g/mol. The van der Waals surface area contributed by atoms with E-state index < -0.39 is 5.91 Å². The summed E-state index contributed by atoms with van der Waals surface area (Å²) in [6.45, 7) is 0. The minimum Gasteiger partial charge on any atom is -0.396 e. The lowest BCUT2D eigenvalue weighted by Crippen LogP contribution is -2.12. The molecule has 0 aliphatic heterocycles. The molecule has 0 aliphatic carbocycles. The van der Waals surface area contributed by atoms with Crippen molar-refractivity contribution in [2.45, 2.75) is 0 Å². The molecule has 58 valence electrons. The van der Waals surface area contributed by atoms with E-state index in [1.165, 1.54) is 12.3 Å². The van der Waals surface area contributed by atoms with Gasteiger partial charge in [-0.25, -0.2) is 4.98 Å². The van der Waals surface area contributed by atoms with Crippen LogP contribution in [0, 0.1) is 0 Å². The lowest BCUT2D eigenvalue weighted by atomic mass is 10.2. The molecule has 0 aliphatic rings. The average Bonchev–Trinajstić information content (AvgIpc) is 1.94. The highest BCUT2D eigenvalue weighted by atomic mass is 16.1. The molecule has 6 N–H and O–H groups in total. The van der Waals surface area contributed by atoms with E-state index in [0.29, 0.717) is 0 Å². The van der Waals surface area contributed by atoms with Crippen molar-refractivity contribution in [3.63, 3.8) is 0 Å². The first-order chi connectivity index (χ1) is 5.11. The molecular formula is C6H8N4O. The van der Waals surface area contributed by atoms with Crippen molar-refractivity contribution in [1.29, 1.82) is 0 Å². The van der Waals surface area contributed by atoms with E-state index in [1.807, 2.05) is 0 Å². The molecule has 5 nitrogen and oxygen atoms in total. The predicted octanol–water partition coefficient (Wildman–Crippen LogP) is -0.655. The number of carbonyl (C=O) groups excluding carboxylic acids is 1. The van der Waals surface area contributed by atoms with Crippen LogP contribution >= 0.6 is 0 Å². The van der Waals surface area contributed by atoms with Crippen molar-refractivity contribution < 1.29 is 4.79 Å². The van der Waals surface area contributed by atoms with Crippen LogP contribution in [0.4, 0.5) is 11.5 Å². The molecule has 5 heteroatoms. The zero-order chi connectivity index (χ0) is 8.43. The van der Waals surface area contributed by atoms with Gasteiger partial charge in [-0.2, -0.15) is 0 Å². The van der Waals surface area contributed by atoms with Crippen molar-refractivity contribution in [2.75, 3.05) is 11.5 Å². The SMILES string of the molecule is NC(=O)c1cnc(N)c(N)c1. The first-order valence-corrected chi connectivity index (χ1v) is 2.92. The normalized spacial score (nSPS) is 9.45. The van der Waals surface area contributed by atoms with Gasteiger partial charge < -0.3 is 17.2 Å². The van der Waals surface area contributed by atoms with Gasteiger partial charge >= 0.3 is 0 Å². The summed E-state index contributed by atoms with van der Waals surface area (Å²) in [7, 11) is 0. The molecule has 0 spiro atoms. The quantitative estimate of drug-likeness (QED) is 0.496. The smallest absolute Gasteiger partial charge is 0.250 e. The molecule has 1 amide bonds. The van der Waals surface area contributed by atoms with Crippen LogP contribution in [0.3, 0.4) is 0 Å². The second-order valence-electron chi connectivity index (χ2n) is 2.06. The fourth-order valence-corrected chi connectivity index (χ4v) is 0.627. The van der Waals surface area contributed by atoms with Crippen molar-refractivity contribution in [3.05, 3.63) is 17.8 Å². The standard InChI is InChI=1S/C6H8N4O/c7-4-1-3(6(9)11)2-10-5(4)8/h1-2H,7H2,(H2,8,10)(H2,9,11). The van der Waals surface area contributed by atoms with E-state index in [0.717, 1.165) is 0 Å². The Balaban J connectivity index is 3.15. The van der Waals surface area contributed by atoms with Gasteiger partial charge in [0.2, 0.25) is 5.91 Å².